The van der Waals surface area contributed by atoms with E-state index in [1.807, 2.05) is 0 Å². The van der Waals surface area contributed by atoms with E-state index in [0.29, 0.717) is 64.2 Å². The van der Waals surface area contributed by atoms with Crippen LogP contribution in [0.15, 0.2) is 117 Å². The van der Waals surface area contributed by atoms with Crippen LogP contribution in [0, 0.1) is 21.7 Å². The van der Waals surface area contributed by atoms with Crippen LogP contribution in [0.5, 0.6) is 0 Å². The van der Waals surface area contributed by atoms with E-state index in [1.54, 1.807) is 39.8 Å². The van der Waals surface area contributed by atoms with Gasteiger partial charge in [-0.2, -0.15) is 0 Å². The van der Waals surface area contributed by atoms with Gasteiger partial charge in [-0.05, 0) is 114 Å². The molecule has 8 fully saturated rings. The lowest BCUT2D eigenvalue weighted by Gasteiger charge is -2.45. The minimum absolute atomic E-state index is 0.0716. The maximum Gasteiger partial charge on any atom is 0.346 e. The summed E-state index contributed by atoms with van der Waals surface area (Å²) in [6, 6.07) is 0. The SMILES string of the molecule is CC1=CC=C[C@@]2(C)CCCC[C@]23OC(=O)C(=C(O)C=C[C@@]2(C)CCCC[C@@]24OC(=O)C(=C(O)/C(C)=C\C=C[C@@]2(C)CCCC[C@]25OC(=O)C(=C(O)C=C[C@@]2(C)CCCC[C@@]26OC(=O)/C(=C/1O)C6=O)C5=O)C4=O)C3=O. The fourth-order valence-corrected chi connectivity index (χ4v) is 13.6. The zero-order valence-electron chi connectivity index (χ0n) is 42.8. The van der Waals surface area contributed by atoms with Crippen LogP contribution in [-0.2, 0) is 57.3 Å². The summed E-state index contributed by atoms with van der Waals surface area (Å²) < 4.78 is 23.9. The van der Waals surface area contributed by atoms with Gasteiger partial charge in [0.2, 0.25) is 23.1 Å². The molecular weight excluding hydrogens is 953 g/mol. The van der Waals surface area contributed by atoms with Gasteiger partial charge >= 0.3 is 23.9 Å². The Morgan fingerprint density at radius 2 is 0.608 bits per heavy atom. The van der Waals surface area contributed by atoms with Crippen molar-refractivity contribution in [2.45, 2.75) is 167 Å². The molecule has 0 amide bonds. The van der Waals surface area contributed by atoms with Crippen molar-refractivity contribution in [3.8, 4) is 0 Å². The van der Waals surface area contributed by atoms with Gasteiger partial charge in [-0.15, -0.1) is 0 Å². The van der Waals surface area contributed by atoms with E-state index in [-0.39, 0.29) is 49.7 Å². The van der Waals surface area contributed by atoms with Gasteiger partial charge in [-0.1, -0.05) is 102 Å². The highest BCUT2D eigenvalue weighted by Gasteiger charge is 2.67. The molecule has 4 spiro atoms. The standard InChI is InChI=1S/C58H64O16/c1-33-17-15-25-51(3)21-7-11-27-55(51)43(63)37(47(67)71-55)36(60)20-32-54(6)24-10-14-30-58(54)46(66)40(50(70)74-58)42(62)34(2)18-16-26-52(4)22-8-12-28-56(52)44(64)38(48(68)72-56)35(59)19-31-53(5)23-9-13-29-57(53)45(65)39(41(33)61)49(69)73-57/h15-20,25-26,31-32,59-62H,7-14,21-24,27-30H2,1-6H3/b25-15?,26-16?,31-19?,32-20?,33-17-,34-18?,37-36?,38-35?,41-39?,42-40-/t51-,52-,53-,54-,55-,56-,57+,58+/m1/s1. The maximum atomic E-state index is 14.6. The number of hydrogen-bond donors (Lipinski definition) is 4. The summed E-state index contributed by atoms with van der Waals surface area (Å²) in [6.07, 6.45) is 20.6. The van der Waals surface area contributed by atoms with Gasteiger partial charge in [0, 0.05) is 21.7 Å². The molecule has 9 aliphatic rings. The first-order chi connectivity index (χ1) is 34.8. The van der Waals surface area contributed by atoms with Gasteiger partial charge in [0.1, 0.15) is 45.3 Å². The zero-order chi connectivity index (χ0) is 53.6. The summed E-state index contributed by atoms with van der Waals surface area (Å²) in [4.78, 5) is 113. The largest absolute Gasteiger partial charge is 0.507 e. The summed E-state index contributed by atoms with van der Waals surface area (Å²) in [5, 5.41) is 46.5. The predicted octanol–water partition coefficient (Wildman–Crippen LogP) is 9.15. The topological polar surface area (TPSA) is 254 Å². The summed E-state index contributed by atoms with van der Waals surface area (Å²) in [7, 11) is 0. The van der Waals surface area contributed by atoms with Crippen LogP contribution >= 0.6 is 0 Å². The lowest BCUT2D eigenvalue weighted by atomic mass is 9.61. The van der Waals surface area contributed by atoms with Crippen molar-refractivity contribution in [1.29, 1.82) is 0 Å². The Balaban J connectivity index is 1.17. The Morgan fingerprint density at radius 1 is 0.365 bits per heavy atom. The summed E-state index contributed by atoms with van der Waals surface area (Å²) in [6.45, 7) is 9.76. The first kappa shape index (κ1) is 52.0. The van der Waals surface area contributed by atoms with E-state index in [1.165, 1.54) is 50.3 Å². The number of ketones is 4. The van der Waals surface area contributed by atoms with Crippen LogP contribution in [0.3, 0.4) is 0 Å². The number of aliphatic hydroxyl groups is 4. The molecule has 4 N–H and O–H groups in total. The summed E-state index contributed by atoms with van der Waals surface area (Å²) >= 11 is 0. The molecule has 392 valence electrons. The zero-order valence-corrected chi connectivity index (χ0v) is 42.8. The van der Waals surface area contributed by atoms with Crippen LogP contribution in [0.25, 0.3) is 0 Å². The fraction of sp³-hybridized carbons (Fsp3) is 0.517. The van der Waals surface area contributed by atoms with Crippen molar-refractivity contribution < 1.29 is 77.7 Å². The highest BCUT2D eigenvalue weighted by Crippen LogP contribution is 2.57. The van der Waals surface area contributed by atoms with E-state index in [4.69, 9.17) is 18.9 Å². The Hall–Kier alpha value is -6.84. The Bertz CT molecular complexity index is 2750. The average molecular weight is 1020 g/mol. The van der Waals surface area contributed by atoms with Crippen molar-refractivity contribution in [3.05, 3.63) is 117 Å². The predicted molar refractivity (Wildman–Crippen MR) is 264 cm³/mol. The van der Waals surface area contributed by atoms with E-state index >= 15 is 0 Å². The Labute approximate surface area is 429 Å². The van der Waals surface area contributed by atoms with Gasteiger partial charge in [0.15, 0.2) is 22.4 Å². The first-order valence-corrected chi connectivity index (χ1v) is 25.8. The molecule has 0 aromatic heterocycles. The van der Waals surface area contributed by atoms with Crippen molar-refractivity contribution in [2.24, 2.45) is 21.7 Å². The summed E-state index contributed by atoms with van der Waals surface area (Å²) in [5.41, 5.74) is -14.2. The number of carbonyl (C=O) groups is 8. The molecule has 16 heteroatoms. The number of Topliss-reactive ketones (excluding diaryl/α,β-unsaturated/α-hetero) is 4. The van der Waals surface area contributed by atoms with Crippen LogP contribution in [-0.4, -0.2) is 89.8 Å². The van der Waals surface area contributed by atoms with Gasteiger partial charge < -0.3 is 39.4 Å². The van der Waals surface area contributed by atoms with Gasteiger partial charge in [-0.25, -0.2) is 19.2 Å². The molecule has 8 atom stereocenters. The smallest absolute Gasteiger partial charge is 0.346 e. The van der Waals surface area contributed by atoms with E-state index in [2.05, 4.69) is 0 Å². The second-order valence-corrected chi connectivity index (χ2v) is 22.7. The third-order valence-electron chi connectivity index (χ3n) is 18.4. The van der Waals surface area contributed by atoms with Crippen LogP contribution in [0.4, 0.5) is 0 Å². The van der Waals surface area contributed by atoms with Gasteiger partial charge in [-0.3, -0.25) is 19.2 Å². The van der Waals surface area contributed by atoms with E-state index < -0.39 is 136 Å². The molecule has 4 saturated carbocycles. The number of rotatable bonds is 0. The van der Waals surface area contributed by atoms with Crippen LogP contribution in [0.1, 0.15) is 144 Å². The number of allylic oxidation sites excluding steroid dienone is 8. The number of hydrogen-bond acceptors (Lipinski definition) is 16. The molecule has 0 radical (unpaired) electrons. The second kappa shape index (κ2) is 17.9. The molecule has 4 aliphatic heterocycles. The molecule has 8 bridgehead atoms. The molecule has 0 unspecified atom stereocenters. The molecule has 4 saturated heterocycles. The average Bonchev–Trinajstić information content (AvgIpc) is 3.97. The van der Waals surface area contributed by atoms with Crippen LogP contribution in [0.2, 0.25) is 0 Å². The molecule has 9 rings (SSSR count). The van der Waals surface area contributed by atoms with Gasteiger partial charge in [0.05, 0.1) is 0 Å². The summed E-state index contributed by atoms with van der Waals surface area (Å²) in [5.74, 6) is -10.0. The van der Waals surface area contributed by atoms with Crippen molar-refractivity contribution in [1.82, 2.24) is 0 Å². The van der Waals surface area contributed by atoms with Gasteiger partial charge in [0.25, 0.3) is 0 Å². The van der Waals surface area contributed by atoms with Crippen molar-refractivity contribution in [3.63, 3.8) is 0 Å². The van der Waals surface area contributed by atoms with E-state index in [9.17, 15) is 58.8 Å². The normalized spacial score (nSPS) is 40.0. The highest BCUT2D eigenvalue weighted by molar-refractivity contribution is 6.28. The second-order valence-electron chi connectivity index (χ2n) is 22.7. The monoisotopic (exact) mass is 1020 g/mol. The van der Waals surface area contributed by atoms with Crippen LogP contribution < -0.4 is 0 Å². The third kappa shape index (κ3) is 7.34. The van der Waals surface area contributed by atoms with Crippen molar-refractivity contribution in [2.75, 3.05) is 0 Å². The number of fused-ring (bicyclic) bond motifs is 4. The minimum atomic E-state index is -1.82. The third-order valence-corrected chi connectivity index (χ3v) is 18.4. The number of aliphatic hydroxyl groups excluding tert-OH is 4. The fourth-order valence-electron chi connectivity index (χ4n) is 13.6. The molecule has 16 nitrogen and oxygen atoms in total. The minimum Gasteiger partial charge on any atom is -0.507 e. The molecule has 4 heterocycles. The molecular formula is C58H64O16. The number of esters is 4. The molecule has 74 heavy (non-hydrogen) atoms. The lowest BCUT2D eigenvalue weighted by molar-refractivity contribution is -0.167. The highest BCUT2D eigenvalue weighted by atomic mass is 16.6. The Kier molecular flexibility index (Phi) is 12.6. The first-order valence-electron chi connectivity index (χ1n) is 25.8. The maximum absolute atomic E-state index is 14.6. The molecule has 5 aliphatic carbocycles. The lowest BCUT2D eigenvalue weighted by Crippen LogP contribution is -2.53. The van der Waals surface area contributed by atoms with Crippen molar-refractivity contribution >= 4 is 47.0 Å². The Morgan fingerprint density at radius 3 is 0.905 bits per heavy atom. The molecule has 0 aromatic carbocycles. The molecule has 0 aromatic rings. The van der Waals surface area contributed by atoms with E-state index in [0.717, 1.165) is 12.2 Å². The number of ether oxygens (including phenoxy) is 4. The number of carbonyl (C=O) groups excluding carboxylic acids is 8. The quantitative estimate of drug-likeness (QED) is 0.100.